The van der Waals surface area contributed by atoms with Crippen molar-refractivity contribution in [2.75, 3.05) is 23.7 Å². The third kappa shape index (κ3) is 2.28. The van der Waals surface area contributed by atoms with Crippen LogP contribution in [0.4, 0.5) is 20.2 Å². The molecule has 4 heteroatoms. The summed E-state index contributed by atoms with van der Waals surface area (Å²) in [5, 5.41) is 0. The van der Waals surface area contributed by atoms with E-state index >= 15 is 0 Å². The summed E-state index contributed by atoms with van der Waals surface area (Å²) in [6, 6.07) is 5.92. The molecule has 1 saturated carbocycles. The molecule has 0 radical (unpaired) electrons. The Hall–Kier alpha value is -1.32. The summed E-state index contributed by atoms with van der Waals surface area (Å²) < 4.78 is 26.4. The molecule has 98 valence electrons. The SMILES string of the molecule is Nc1ccc(C2CC2)c(N2CCC(F)(F)CC2)c1. The van der Waals surface area contributed by atoms with Crippen LogP contribution in [0.2, 0.25) is 0 Å². The molecule has 1 aromatic rings. The summed E-state index contributed by atoms with van der Waals surface area (Å²) in [7, 11) is 0. The number of rotatable bonds is 2. The molecule has 1 aliphatic carbocycles. The smallest absolute Gasteiger partial charge is 0.251 e. The van der Waals surface area contributed by atoms with E-state index in [0.717, 1.165) is 5.69 Å². The molecule has 2 fully saturated rings. The lowest BCUT2D eigenvalue weighted by Crippen LogP contribution is -2.39. The highest BCUT2D eigenvalue weighted by molar-refractivity contribution is 5.63. The normalized spacial score (nSPS) is 23.1. The molecular formula is C14H18F2N2. The molecule has 0 spiro atoms. The van der Waals surface area contributed by atoms with Gasteiger partial charge < -0.3 is 10.6 Å². The van der Waals surface area contributed by atoms with E-state index in [9.17, 15) is 8.78 Å². The molecule has 1 aromatic carbocycles. The average molecular weight is 252 g/mol. The lowest BCUT2D eigenvalue weighted by atomic mass is 10.0. The fourth-order valence-electron chi connectivity index (χ4n) is 2.65. The molecule has 2 nitrogen and oxygen atoms in total. The Morgan fingerprint density at radius 1 is 1.17 bits per heavy atom. The molecule has 2 N–H and O–H groups in total. The number of hydrogen-bond donors (Lipinski definition) is 1. The van der Waals surface area contributed by atoms with Crippen LogP contribution in [-0.2, 0) is 0 Å². The molecule has 0 unspecified atom stereocenters. The second-order valence-electron chi connectivity index (χ2n) is 5.44. The van der Waals surface area contributed by atoms with Gasteiger partial charge in [0.2, 0.25) is 0 Å². The van der Waals surface area contributed by atoms with Crippen LogP contribution >= 0.6 is 0 Å². The summed E-state index contributed by atoms with van der Waals surface area (Å²) in [6.45, 7) is 0.854. The lowest BCUT2D eigenvalue weighted by Gasteiger charge is -2.34. The first kappa shape index (κ1) is 11.8. The predicted molar refractivity (Wildman–Crippen MR) is 69.2 cm³/mol. The van der Waals surface area contributed by atoms with Crippen molar-refractivity contribution in [1.29, 1.82) is 0 Å². The topological polar surface area (TPSA) is 29.3 Å². The van der Waals surface area contributed by atoms with E-state index in [0.29, 0.717) is 24.7 Å². The van der Waals surface area contributed by atoms with Crippen molar-refractivity contribution in [3.8, 4) is 0 Å². The standard InChI is InChI=1S/C14H18F2N2/c15-14(16)5-7-18(8-6-14)13-9-11(17)3-4-12(13)10-1-2-10/h3-4,9-10H,1-2,5-8,17H2. The van der Waals surface area contributed by atoms with Gasteiger partial charge in [-0.15, -0.1) is 0 Å². The van der Waals surface area contributed by atoms with Crippen molar-refractivity contribution < 1.29 is 8.78 Å². The first-order valence-electron chi connectivity index (χ1n) is 6.57. The van der Waals surface area contributed by atoms with E-state index in [1.165, 1.54) is 18.4 Å². The minimum atomic E-state index is -2.49. The van der Waals surface area contributed by atoms with Crippen molar-refractivity contribution in [1.82, 2.24) is 0 Å². The Bertz CT molecular complexity index is 445. The van der Waals surface area contributed by atoms with E-state index in [4.69, 9.17) is 5.73 Å². The fraction of sp³-hybridized carbons (Fsp3) is 0.571. The maximum Gasteiger partial charge on any atom is 0.251 e. The van der Waals surface area contributed by atoms with E-state index in [1.54, 1.807) is 0 Å². The van der Waals surface area contributed by atoms with Gasteiger partial charge in [0.15, 0.2) is 0 Å². The van der Waals surface area contributed by atoms with E-state index in [2.05, 4.69) is 11.0 Å². The zero-order valence-corrected chi connectivity index (χ0v) is 10.3. The van der Waals surface area contributed by atoms with Gasteiger partial charge in [0.1, 0.15) is 0 Å². The molecule has 2 aliphatic rings. The van der Waals surface area contributed by atoms with Crippen molar-refractivity contribution in [3.63, 3.8) is 0 Å². The number of anilines is 2. The number of halogens is 2. The largest absolute Gasteiger partial charge is 0.399 e. The number of benzene rings is 1. The predicted octanol–water partition coefficient (Wildman–Crippen LogP) is 3.38. The van der Waals surface area contributed by atoms with Crippen LogP contribution < -0.4 is 10.6 Å². The summed E-state index contributed by atoms with van der Waals surface area (Å²) in [5.74, 6) is -1.88. The second-order valence-corrected chi connectivity index (χ2v) is 5.44. The second kappa shape index (κ2) is 4.11. The average Bonchev–Trinajstić information content (AvgIpc) is 3.13. The Morgan fingerprint density at radius 2 is 1.83 bits per heavy atom. The third-order valence-corrected chi connectivity index (χ3v) is 3.91. The van der Waals surface area contributed by atoms with Crippen LogP contribution in [0.1, 0.15) is 37.2 Å². The number of nitrogens with zero attached hydrogens (tertiary/aromatic N) is 1. The number of hydrogen-bond acceptors (Lipinski definition) is 2. The van der Waals surface area contributed by atoms with Crippen molar-refractivity contribution in [3.05, 3.63) is 23.8 Å². The van der Waals surface area contributed by atoms with Crippen LogP contribution in [0.3, 0.4) is 0 Å². The lowest BCUT2D eigenvalue weighted by molar-refractivity contribution is -0.0220. The molecule has 1 heterocycles. The van der Waals surface area contributed by atoms with Gasteiger partial charge in [-0.1, -0.05) is 6.07 Å². The zero-order valence-electron chi connectivity index (χ0n) is 10.3. The number of nitrogen functional groups attached to an aromatic ring is 1. The van der Waals surface area contributed by atoms with Gasteiger partial charge in [0.05, 0.1) is 0 Å². The number of alkyl halides is 2. The van der Waals surface area contributed by atoms with Crippen LogP contribution in [0.25, 0.3) is 0 Å². The molecule has 0 atom stereocenters. The number of piperidine rings is 1. The monoisotopic (exact) mass is 252 g/mol. The Labute approximate surface area is 106 Å². The van der Waals surface area contributed by atoms with E-state index in [1.807, 2.05) is 12.1 Å². The highest BCUT2D eigenvalue weighted by atomic mass is 19.3. The van der Waals surface area contributed by atoms with Gasteiger partial charge in [-0.25, -0.2) is 8.78 Å². The quantitative estimate of drug-likeness (QED) is 0.817. The summed E-state index contributed by atoms with van der Waals surface area (Å²) >= 11 is 0. The maximum atomic E-state index is 13.2. The summed E-state index contributed by atoms with van der Waals surface area (Å²) in [4.78, 5) is 2.07. The van der Waals surface area contributed by atoms with Crippen LogP contribution in [0, 0.1) is 0 Å². The zero-order chi connectivity index (χ0) is 12.8. The molecular weight excluding hydrogens is 234 g/mol. The van der Waals surface area contributed by atoms with Crippen LogP contribution in [0.5, 0.6) is 0 Å². The summed E-state index contributed by atoms with van der Waals surface area (Å²) in [6.07, 6.45) is 2.32. The van der Waals surface area contributed by atoms with Gasteiger partial charge in [-0.3, -0.25) is 0 Å². The number of nitrogens with two attached hydrogens (primary N) is 1. The molecule has 1 aliphatic heterocycles. The van der Waals surface area contributed by atoms with Crippen LogP contribution in [-0.4, -0.2) is 19.0 Å². The highest BCUT2D eigenvalue weighted by Gasteiger charge is 2.35. The minimum absolute atomic E-state index is 0.0497. The van der Waals surface area contributed by atoms with Crippen molar-refractivity contribution in [2.24, 2.45) is 0 Å². The van der Waals surface area contributed by atoms with Crippen LogP contribution in [0.15, 0.2) is 18.2 Å². The van der Waals surface area contributed by atoms with E-state index < -0.39 is 5.92 Å². The first-order chi connectivity index (χ1) is 8.55. The summed E-state index contributed by atoms with van der Waals surface area (Å²) in [5.41, 5.74) is 8.91. The molecule has 18 heavy (non-hydrogen) atoms. The van der Waals surface area contributed by atoms with Gasteiger partial charge >= 0.3 is 0 Å². The third-order valence-electron chi connectivity index (χ3n) is 3.91. The van der Waals surface area contributed by atoms with Gasteiger partial charge in [0.25, 0.3) is 5.92 Å². The highest BCUT2D eigenvalue weighted by Crippen LogP contribution is 2.45. The van der Waals surface area contributed by atoms with Gasteiger partial charge in [0, 0.05) is 37.3 Å². The van der Waals surface area contributed by atoms with Crippen molar-refractivity contribution >= 4 is 11.4 Å². The minimum Gasteiger partial charge on any atom is -0.399 e. The Balaban J connectivity index is 1.85. The fourth-order valence-corrected chi connectivity index (χ4v) is 2.65. The van der Waals surface area contributed by atoms with Gasteiger partial charge in [-0.05, 0) is 36.5 Å². The molecule has 3 rings (SSSR count). The maximum absolute atomic E-state index is 13.2. The molecule has 0 bridgehead atoms. The molecule has 1 saturated heterocycles. The Morgan fingerprint density at radius 3 is 2.44 bits per heavy atom. The van der Waals surface area contributed by atoms with Crippen molar-refractivity contribution in [2.45, 2.75) is 37.5 Å². The Kier molecular flexibility index (Phi) is 2.68. The van der Waals surface area contributed by atoms with Gasteiger partial charge in [-0.2, -0.15) is 0 Å². The first-order valence-corrected chi connectivity index (χ1v) is 6.57. The van der Waals surface area contributed by atoms with E-state index in [-0.39, 0.29) is 12.8 Å². The molecule has 0 amide bonds. The molecule has 0 aromatic heterocycles.